The van der Waals surface area contributed by atoms with Crippen LogP contribution < -0.4 is 20.9 Å². The van der Waals surface area contributed by atoms with Crippen LogP contribution in [0.5, 0.6) is 17.2 Å². The van der Waals surface area contributed by atoms with E-state index in [-0.39, 0.29) is 23.5 Å². The lowest BCUT2D eigenvalue weighted by molar-refractivity contribution is -0.127. The van der Waals surface area contributed by atoms with E-state index < -0.39 is 0 Å². The summed E-state index contributed by atoms with van der Waals surface area (Å²) in [5.74, 6) is 2.16. The molecule has 0 aliphatic carbocycles. The highest BCUT2D eigenvalue weighted by Crippen LogP contribution is 2.30. The SMILES string of the molecule is C=CC(=O)N1CCC[C@@H](n2c(=O)n(-c3ccc(Oc4ccc(OC)cc4)cc3)c3c(N)nccc32)C1. The topological polar surface area (TPSA) is 105 Å². The third-order valence-electron chi connectivity index (χ3n) is 6.45. The summed E-state index contributed by atoms with van der Waals surface area (Å²) in [6.07, 6.45) is 4.48. The highest BCUT2D eigenvalue weighted by molar-refractivity contribution is 5.88. The zero-order valence-electron chi connectivity index (χ0n) is 20.0. The number of anilines is 1. The van der Waals surface area contributed by atoms with Gasteiger partial charge in [0.1, 0.15) is 28.6 Å². The van der Waals surface area contributed by atoms with E-state index in [2.05, 4.69) is 11.6 Å². The van der Waals surface area contributed by atoms with Gasteiger partial charge in [0.15, 0.2) is 0 Å². The summed E-state index contributed by atoms with van der Waals surface area (Å²) >= 11 is 0. The molecule has 9 heteroatoms. The van der Waals surface area contributed by atoms with Gasteiger partial charge in [0, 0.05) is 19.3 Å². The number of pyridine rings is 1. The number of aromatic nitrogens is 3. The maximum absolute atomic E-state index is 13.8. The molecule has 2 N–H and O–H groups in total. The summed E-state index contributed by atoms with van der Waals surface area (Å²) in [5.41, 5.74) is 7.90. The van der Waals surface area contributed by atoms with Gasteiger partial charge in [-0.3, -0.25) is 13.9 Å². The minimum Gasteiger partial charge on any atom is -0.497 e. The third-order valence-corrected chi connectivity index (χ3v) is 6.45. The molecule has 2 aromatic heterocycles. The summed E-state index contributed by atoms with van der Waals surface area (Å²) in [6, 6.07) is 16.1. The first kappa shape index (κ1) is 23.2. The number of likely N-dealkylation sites (tertiary alicyclic amines) is 1. The van der Waals surface area contributed by atoms with Crippen molar-refractivity contribution in [2.75, 3.05) is 25.9 Å². The number of carbonyl (C=O) groups is 1. The molecule has 1 fully saturated rings. The lowest BCUT2D eigenvalue weighted by Crippen LogP contribution is -2.42. The van der Waals surface area contributed by atoms with Crippen molar-refractivity contribution < 1.29 is 14.3 Å². The van der Waals surface area contributed by atoms with Crippen LogP contribution in [0.25, 0.3) is 16.7 Å². The van der Waals surface area contributed by atoms with Crippen molar-refractivity contribution in [1.82, 2.24) is 19.0 Å². The highest BCUT2D eigenvalue weighted by Gasteiger charge is 2.28. The van der Waals surface area contributed by atoms with Gasteiger partial charge in [-0.1, -0.05) is 6.58 Å². The third kappa shape index (κ3) is 4.19. The molecule has 0 spiro atoms. The first-order valence-electron chi connectivity index (χ1n) is 11.7. The number of nitrogens with two attached hydrogens (primary N) is 1. The number of methoxy groups -OCH3 is 1. The Labute approximate surface area is 208 Å². The number of ether oxygens (including phenoxy) is 2. The molecule has 9 nitrogen and oxygen atoms in total. The summed E-state index contributed by atoms with van der Waals surface area (Å²) in [6.45, 7) is 4.67. The molecule has 0 saturated carbocycles. The van der Waals surface area contributed by atoms with E-state index in [1.54, 1.807) is 45.5 Å². The van der Waals surface area contributed by atoms with Crippen LogP contribution in [0.4, 0.5) is 5.82 Å². The van der Waals surface area contributed by atoms with Crippen LogP contribution in [0, 0.1) is 0 Å². The monoisotopic (exact) mass is 485 g/mol. The number of imidazole rings is 1. The number of fused-ring (bicyclic) bond motifs is 1. The Bertz CT molecular complexity index is 1470. The smallest absolute Gasteiger partial charge is 0.334 e. The fraction of sp³-hybridized carbons (Fsp3) is 0.222. The van der Waals surface area contributed by atoms with E-state index in [1.807, 2.05) is 36.4 Å². The number of nitrogens with zero attached hydrogens (tertiary/aromatic N) is 4. The van der Waals surface area contributed by atoms with Crippen molar-refractivity contribution in [2.45, 2.75) is 18.9 Å². The molecule has 4 aromatic rings. The fourth-order valence-corrected chi connectivity index (χ4v) is 4.72. The Morgan fingerprint density at radius 2 is 1.75 bits per heavy atom. The Hall–Kier alpha value is -4.53. The first-order valence-corrected chi connectivity index (χ1v) is 11.7. The number of rotatable bonds is 6. The van der Waals surface area contributed by atoms with Crippen molar-refractivity contribution in [1.29, 1.82) is 0 Å². The van der Waals surface area contributed by atoms with Crippen LogP contribution in [-0.4, -0.2) is 45.1 Å². The fourth-order valence-electron chi connectivity index (χ4n) is 4.72. The molecule has 1 atom stereocenters. The van der Waals surface area contributed by atoms with Crippen molar-refractivity contribution in [3.8, 4) is 22.9 Å². The molecular formula is C27H27N5O4. The van der Waals surface area contributed by atoms with Gasteiger partial charge in [-0.25, -0.2) is 9.78 Å². The van der Waals surface area contributed by atoms with Crippen LogP contribution >= 0.6 is 0 Å². The van der Waals surface area contributed by atoms with Crippen LogP contribution in [0.15, 0.2) is 78.2 Å². The second-order valence-electron chi connectivity index (χ2n) is 8.61. The Kier molecular flexibility index (Phi) is 6.20. The number of benzene rings is 2. The standard InChI is InChI=1S/C27H27N5O4/c1-3-24(33)30-16-4-5-19(17-30)31-23-14-15-29-26(28)25(23)32(27(31)34)18-6-8-21(9-7-18)36-22-12-10-20(35-2)11-13-22/h3,6-15,19H,1,4-5,16-17H2,2H3,(H2,28,29)/t19-/m1/s1. The van der Waals surface area contributed by atoms with Crippen LogP contribution in [-0.2, 0) is 4.79 Å². The number of nitrogen functional groups attached to an aromatic ring is 1. The predicted molar refractivity (Wildman–Crippen MR) is 138 cm³/mol. The van der Waals surface area contributed by atoms with Crippen LogP contribution in [0.3, 0.4) is 0 Å². The highest BCUT2D eigenvalue weighted by atomic mass is 16.5. The van der Waals surface area contributed by atoms with Crippen molar-refractivity contribution in [3.05, 3.63) is 83.9 Å². The van der Waals surface area contributed by atoms with Gasteiger partial charge in [-0.05, 0) is 73.5 Å². The van der Waals surface area contributed by atoms with E-state index >= 15 is 0 Å². The van der Waals surface area contributed by atoms with Gasteiger partial charge in [-0.15, -0.1) is 0 Å². The van der Waals surface area contributed by atoms with Gasteiger partial charge in [0.05, 0.1) is 24.4 Å². The zero-order chi connectivity index (χ0) is 25.2. The summed E-state index contributed by atoms with van der Waals surface area (Å²) in [7, 11) is 1.61. The minimum atomic E-state index is -0.230. The Balaban J connectivity index is 1.51. The summed E-state index contributed by atoms with van der Waals surface area (Å²) < 4.78 is 14.4. The number of hydrogen-bond donors (Lipinski definition) is 1. The van der Waals surface area contributed by atoms with Crippen LogP contribution in [0.1, 0.15) is 18.9 Å². The van der Waals surface area contributed by atoms with Gasteiger partial charge in [0.25, 0.3) is 0 Å². The van der Waals surface area contributed by atoms with Crippen LogP contribution in [0.2, 0.25) is 0 Å². The summed E-state index contributed by atoms with van der Waals surface area (Å²) in [5, 5.41) is 0. The average Bonchev–Trinajstić information content (AvgIpc) is 3.22. The normalized spacial score (nSPS) is 15.6. The molecule has 2 aromatic carbocycles. The molecule has 0 unspecified atom stereocenters. The molecule has 0 radical (unpaired) electrons. The number of carbonyl (C=O) groups excluding carboxylic acids is 1. The molecule has 0 bridgehead atoms. The second-order valence-corrected chi connectivity index (χ2v) is 8.61. The van der Waals surface area contributed by atoms with E-state index in [4.69, 9.17) is 15.2 Å². The Morgan fingerprint density at radius 1 is 1.08 bits per heavy atom. The van der Waals surface area contributed by atoms with E-state index in [0.29, 0.717) is 41.3 Å². The van der Waals surface area contributed by atoms with E-state index in [0.717, 1.165) is 18.6 Å². The van der Waals surface area contributed by atoms with Crippen molar-refractivity contribution in [2.24, 2.45) is 0 Å². The number of amides is 1. The molecule has 1 saturated heterocycles. The van der Waals surface area contributed by atoms with Crippen molar-refractivity contribution in [3.63, 3.8) is 0 Å². The van der Waals surface area contributed by atoms with Gasteiger partial charge in [0.2, 0.25) is 5.91 Å². The Morgan fingerprint density at radius 3 is 2.42 bits per heavy atom. The van der Waals surface area contributed by atoms with Gasteiger partial charge in [-0.2, -0.15) is 0 Å². The predicted octanol–water partition coefficient (Wildman–Crippen LogP) is 3.92. The summed E-state index contributed by atoms with van der Waals surface area (Å²) in [4.78, 5) is 32.0. The quantitative estimate of drug-likeness (QED) is 0.415. The largest absolute Gasteiger partial charge is 0.497 e. The second kappa shape index (κ2) is 9.61. The molecule has 1 aliphatic rings. The number of piperidine rings is 1. The first-order chi connectivity index (χ1) is 17.5. The molecule has 1 aliphatic heterocycles. The van der Waals surface area contributed by atoms with Gasteiger partial charge >= 0.3 is 5.69 Å². The van der Waals surface area contributed by atoms with Crippen molar-refractivity contribution >= 4 is 22.8 Å². The molecular weight excluding hydrogens is 458 g/mol. The lowest BCUT2D eigenvalue weighted by atomic mass is 10.1. The molecule has 36 heavy (non-hydrogen) atoms. The van der Waals surface area contributed by atoms with E-state index in [9.17, 15) is 9.59 Å². The lowest BCUT2D eigenvalue weighted by Gasteiger charge is -2.32. The van der Waals surface area contributed by atoms with E-state index in [1.165, 1.54) is 6.08 Å². The minimum absolute atomic E-state index is 0.134. The number of hydrogen-bond acceptors (Lipinski definition) is 6. The van der Waals surface area contributed by atoms with Gasteiger partial charge < -0.3 is 20.1 Å². The molecule has 1 amide bonds. The maximum atomic E-state index is 13.8. The molecule has 3 heterocycles. The average molecular weight is 486 g/mol. The molecule has 184 valence electrons. The zero-order valence-corrected chi connectivity index (χ0v) is 20.0. The maximum Gasteiger partial charge on any atom is 0.334 e. The molecule has 5 rings (SSSR count).